The van der Waals surface area contributed by atoms with Crippen molar-refractivity contribution < 1.29 is 9.72 Å². The number of nitrogens with two attached hydrogens (primary N) is 1. The average Bonchev–Trinajstić information content (AvgIpc) is 2.52. The second kappa shape index (κ2) is 3.41. The summed E-state index contributed by atoms with van der Waals surface area (Å²) >= 11 is 0. The number of benzene rings is 1. The molecule has 1 aromatic rings. The Morgan fingerprint density at radius 1 is 1.60 bits per heavy atom. The summed E-state index contributed by atoms with van der Waals surface area (Å²) in [6.07, 6.45) is 0.624. The molecule has 6 nitrogen and oxygen atoms in total. The van der Waals surface area contributed by atoms with Crippen molar-refractivity contribution in [2.24, 2.45) is 5.84 Å². The molecule has 6 heteroatoms. The lowest BCUT2D eigenvalue weighted by atomic mass is 10.0. The smallest absolute Gasteiger partial charge is 0.275 e. The van der Waals surface area contributed by atoms with Crippen LogP contribution in [0.4, 0.5) is 5.69 Å². The predicted molar refractivity (Wildman–Crippen MR) is 51.6 cm³/mol. The SMILES string of the molecule is NN1Cc2cccc([N+](=O)[O-])c2C1C=O. The topological polar surface area (TPSA) is 89.5 Å². The molecule has 1 heterocycles. The van der Waals surface area contributed by atoms with E-state index in [2.05, 4.69) is 0 Å². The second-order valence-electron chi connectivity index (χ2n) is 3.36. The van der Waals surface area contributed by atoms with Gasteiger partial charge in [0.25, 0.3) is 5.69 Å². The van der Waals surface area contributed by atoms with Crippen LogP contribution >= 0.6 is 0 Å². The summed E-state index contributed by atoms with van der Waals surface area (Å²) in [5, 5.41) is 12.1. The molecule has 2 N–H and O–H groups in total. The molecule has 1 aliphatic heterocycles. The van der Waals surface area contributed by atoms with Gasteiger partial charge in [0.15, 0.2) is 0 Å². The van der Waals surface area contributed by atoms with Crippen LogP contribution in [0, 0.1) is 10.1 Å². The summed E-state index contributed by atoms with van der Waals surface area (Å²) in [4.78, 5) is 21.1. The fourth-order valence-electron chi connectivity index (χ4n) is 1.85. The van der Waals surface area contributed by atoms with Crippen molar-refractivity contribution in [3.63, 3.8) is 0 Å². The summed E-state index contributed by atoms with van der Waals surface area (Å²) in [6, 6.07) is 4.01. The molecule has 2 rings (SSSR count). The molecule has 0 aliphatic carbocycles. The Morgan fingerprint density at radius 2 is 2.33 bits per heavy atom. The molecule has 0 radical (unpaired) electrons. The number of nitro groups is 1. The largest absolute Gasteiger partial charge is 0.301 e. The van der Waals surface area contributed by atoms with Crippen LogP contribution in [0.1, 0.15) is 17.2 Å². The predicted octanol–water partition coefficient (Wildman–Crippen LogP) is 0.524. The number of hydrogen-bond acceptors (Lipinski definition) is 5. The highest BCUT2D eigenvalue weighted by Crippen LogP contribution is 2.36. The number of fused-ring (bicyclic) bond motifs is 1. The quantitative estimate of drug-likeness (QED) is 0.330. The van der Waals surface area contributed by atoms with Crippen LogP contribution in [0.2, 0.25) is 0 Å². The number of hydrogen-bond donors (Lipinski definition) is 1. The monoisotopic (exact) mass is 207 g/mol. The number of nitrogens with zero attached hydrogens (tertiary/aromatic N) is 2. The maximum Gasteiger partial charge on any atom is 0.275 e. The second-order valence-corrected chi connectivity index (χ2v) is 3.36. The Kier molecular flexibility index (Phi) is 2.22. The molecule has 78 valence electrons. The van der Waals surface area contributed by atoms with Crippen LogP contribution in [-0.4, -0.2) is 16.2 Å². The highest BCUT2D eigenvalue weighted by molar-refractivity contribution is 5.68. The lowest BCUT2D eigenvalue weighted by Crippen LogP contribution is -2.30. The Bertz CT molecular complexity index is 433. The van der Waals surface area contributed by atoms with Crippen molar-refractivity contribution in [2.75, 3.05) is 0 Å². The van der Waals surface area contributed by atoms with Crippen LogP contribution in [0.15, 0.2) is 18.2 Å². The molecule has 15 heavy (non-hydrogen) atoms. The zero-order valence-corrected chi connectivity index (χ0v) is 7.79. The van der Waals surface area contributed by atoms with Gasteiger partial charge in [0.1, 0.15) is 12.3 Å². The van der Waals surface area contributed by atoms with E-state index in [1.165, 1.54) is 11.1 Å². The molecule has 0 spiro atoms. The number of carbonyl (C=O) groups excluding carboxylic acids is 1. The highest BCUT2D eigenvalue weighted by Gasteiger charge is 2.34. The van der Waals surface area contributed by atoms with Gasteiger partial charge in [-0.1, -0.05) is 12.1 Å². The molecule has 1 aliphatic rings. The molecular weight excluding hydrogens is 198 g/mol. The lowest BCUT2D eigenvalue weighted by Gasteiger charge is -2.12. The van der Waals surface area contributed by atoms with Gasteiger partial charge in [-0.05, 0) is 5.56 Å². The fraction of sp³-hybridized carbons (Fsp3) is 0.222. The zero-order chi connectivity index (χ0) is 11.0. The van der Waals surface area contributed by atoms with Gasteiger partial charge >= 0.3 is 0 Å². The van der Waals surface area contributed by atoms with Crippen LogP contribution in [-0.2, 0) is 11.3 Å². The molecule has 1 aromatic carbocycles. The molecule has 1 unspecified atom stereocenters. The van der Waals surface area contributed by atoms with E-state index in [1.54, 1.807) is 12.1 Å². The van der Waals surface area contributed by atoms with Crippen LogP contribution in [0.5, 0.6) is 0 Å². The normalized spacial score (nSPS) is 19.9. The zero-order valence-electron chi connectivity index (χ0n) is 7.79. The van der Waals surface area contributed by atoms with Gasteiger partial charge in [-0.25, -0.2) is 5.01 Å². The van der Waals surface area contributed by atoms with Crippen LogP contribution in [0.3, 0.4) is 0 Å². The van der Waals surface area contributed by atoms with Crippen molar-refractivity contribution in [1.82, 2.24) is 5.01 Å². The first-order valence-electron chi connectivity index (χ1n) is 4.38. The minimum atomic E-state index is -0.707. The lowest BCUT2D eigenvalue weighted by molar-refractivity contribution is -0.385. The molecule has 0 fully saturated rings. The van der Waals surface area contributed by atoms with Crippen LogP contribution in [0.25, 0.3) is 0 Å². The Balaban J connectivity index is 2.60. The number of hydrazine groups is 1. The van der Waals surface area contributed by atoms with Crippen LogP contribution < -0.4 is 5.84 Å². The van der Waals surface area contributed by atoms with Gasteiger partial charge in [-0.2, -0.15) is 0 Å². The third kappa shape index (κ3) is 1.39. The third-order valence-corrected chi connectivity index (χ3v) is 2.50. The number of aldehydes is 1. The molecule has 0 bridgehead atoms. The van der Waals surface area contributed by atoms with E-state index >= 15 is 0 Å². The van der Waals surface area contributed by atoms with E-state index in [-0.39, 0.29) is 5.69 Å². The summed E-state index contributed by atoms with van der Waals surface area (Å²) < 4.78 is 0. The molecule has 0 saturated heterocycles. The first-order valence-corrected chi connectivity index (χ1v) is 4.38. The molecule has 0 saturated carbocycles. The molecular formula is C9H9N3O3. The van der Waals surface area contributed by atoms with Gasteiger partial charge in [-0.3, -0.25) is 16.0 Å². The Morgan fingerprint density at radius 3 is 2.93 bits per heavy atom. The van der Waals surface area contributed by atoms with E-state index in [9.17, 15) is 14.9 Å². The van der Waals surface area contributed by atoms with Crippen molar-refractivity contribution in [2.45, 2.75) is 12.6 Å². The standard InChI is InChI=1S/C9H9N3O3/c10-11-4-6-2-1-3-7(12(14)15)9(6)8(11)5-13/h1-3,5,8H,4,10H2. The first-order chi connectivity index (χ1) is 7.15. The third-order valence-electron chi connectivity index (χ3n) is 2.50. The number of nitro benzene ring substituents is 1. The summed E-state index contributed by atoms with van der Waals surface area (Å²) in [5.41, 5.74) is 1.11. The fourth-order valence-corrected chi connectivity index (χ4v) is 1.85. The average molecular weight is 207 g/mol. The first kappa shape index (κ1) is 9.75. The van der Waals surface area contributed by atoms with E-state index < -0.39 is 11.0 Å². The maximum atomic E-state index is 10.8. The van der Waals surface area contributed by atoms with Gasteiger partial charge in [0.2, 0.25) is 0 Å². The van der Waals surface area contributed by atoms with Gasteiger partial charge in [-0.15, -0.1) is 0 Å². The Labute approximate surface area is 85.4 Å². The minimum Gasteiger partial charge on any atom is -0.301 e. The maximum absolute atomic E-state index is 10.8. The molecule has 0 aromatic heterocycles. The van der Waals surface area contributed by atoms with Crippen molar-refractivity contribution >= 4 is 12.0 Å². The van der Waals surface area contributed by atoms with Gasteiger partial charge in [0.05, 0.1) is 10.5 Å². The van der Waals surface area contributed by atoms with Crippen molar-refractivity contribution in [1.29, 1.82) is 0 Å². The van der Waals surface area contributed by atoms with Crippen molar-refractivity contribution in [3.8, 4) is 0 Å². The van der Waals surface area contributed by atoms with Crippen molar-refractivity contribution in [3.05, 3.63) is 39.4 Å². The minimum absolute atomic E-state index is 0.0439. The van der Waals surface area contributed by atoms with E-state index in [0.717, 1.165) is 5.56 Å². The summed E-state index contributed by atoms with van der Waals surface area (Å²) in [7, 11) is 0. The molecule has 0 amide bonds. The van der Waals surface area contributed by atoms with E-state index in [1.807, 2.05) is 0 Å². The van der Waals surface area contributed by atoms with Gasteiger partial charge in [0, 0.05) is 12.6 Å². The van der Waals surface area contributed by atoms with E-state index in [4.69, 9.17) is 5.84 Å². The highest BCUT2D eigenvalue weighted by atomic mass is 16.6. The number of rotatable bonds is 2. The Hall–Kier alpha value is -1.79. The number of carbonyl (C=O) groups is 1. The van der Waals surface area contributed by atoms with Gasteiger partial charge < -0.3 is 4.79 Å². The summed E-state index contributed by atoms with van der Waals surface area (Å²) in [5.74, 6) is 5.59. The summed E-state index contributed by atoms with van der Waals surface area (Å²) in [6.45, 7) is 0.362. The molecule has 1 atom stereocenters. The van der Waals surface area contributed by atoms with E-state index in [0.29, 0.717) is 18.4 Å².